The lowest BCUT2D eigenvalue weighted by molar-refractivity contribution is 0.313. The monoisotopic (exact) mass is 333 g/mol. The van der Waals surface area contributed by atoms with Gasteiger partial charge in [-0.25, -0.2) is 4.68 Å². The summed E-state index contributed by atoms with van der Waals surface area (Å²) in [5.41, 5.74) is 9.45. The minimum absolute atomic E-state index is 0.492. The maximum atomic E-state index is 6.04. The number of likely N-dealkylation sites (tertiary alicyclic amines) is 1. The molecule has 25 heavy (non-hydrogen) atoms. The van der Waals surface area contributed by atoms with Crippen molar-refractivity contribution >= 4 is 0 Å². The summed E-state index contributed by atoms with van der Waals surface area (Å²) in [5, 5.41) is 8.60. The number of nitrogens with zero attached hydrogens (tertiary/aromatic N) is 4. The van der Waals surface area contributed by atoms with Gasteiger partial charge >= 0.3 is 0 Å². The second-order valence-corrected chi connectivity index (χ2v) is 6.70. The van der Waals surface area contributed by atoms with Crippen molar-refractivity contribution in [3.05, 3.63) is 78.1 Å². The van der Waals surface area contributed by atoms with Crippen molar-refractivity contribution in [2.45, 2.75) is 12.5 Å². The standard InChI is InChI=1S/C20H23N5/c21-11-17-12-24(15-20(17)16-7-3-1-4-8-16)13-18-14-25(23-22-18)19-9-5-2-6-10-19/h1-10,14,17,20H,11-13,15,21H2/t17-,20+/m1/s1. The minimum Gasteiger partial charge on any atom is -0.330 e. The third-order valence-electron chi connectivity index (χ3n) is 4.99. The van der Waals surface area contributed by atoms with Gasteiger partial charge in [-0.15, -0.1) is 5.10 Å². The van der Waals surface area contributed by atoms with Gasteiger partial charge in [-0.2, -0.15) is 0 Å². The first-order valence-corrected chi connectivity index (χ1v) is 8.77. The predicted molar refractivity (Wildman–Crippen MR) is 98.4 cm³/mol. The lowest BCUT2D eigenvalue weighted by Crippen LogP contribution is -2.23. The Labute approximate surface area is 148 Å². The van der Waals surface area contributed by atoms with Crippen molar-refractivity contribution in [2.75, 3.05) is 19.6 Å². The number of hydrogen-bond donors (Lipinski definition) is 1. The van der Waals surface area contributed by atoms with Crippen LogP contribution in [-0.4, -0.2) is 39.5 Å². The molecule has 5 nitrogen and oxygen atoms in total. The molecule has 2 N–H and O–H groups in total. The fourth-order valence-corrected chi connectivity index (χ4v) is 3.71. The highest BCUT2D eigenvalue weighted by Gasteiger charge is 2.33. The van der Waals surface area contributed by atoms with Crippen molar-refractivity contribution in [2.24, 2.45) is 11.7 Å². The fourth-order valence-electron chi connectivity index (χ4n) is 3.71. The van der Waals surface area contributed by atoms with Crippen LogP contribution in [0.15, 0.2) is 66.9 Å². The van der Waals surface area contributed by atoms with Crippen LogP contribution in [0.5, 0.6) is 0 Å². The van der Waals surface area contributed by atoms with E-state index in [1.165, 1.54) is 5.56 Å². The van der Waals surface area contributed by atoms with Gasteiger partial charge in [0, 0.05) is 25.6 Å². The summed E-state index contributed by atoms with van der Waals surface area (Å²) in [7, 11) is 0. The Balaban J connectivity index is 1.46. The van der Waals surface area contributed by atoms with Crippen molar-refractivity contribution in [3.63, 3.8) is 0 Å². The van der Waals surface area contributed by atoms with Gasteiger partial charge in [-0.1, -0.05) is 53.7 Å². The number of benzene rings is 2. The van der Waals surface area contributed by atoms with Crippen LogP contribution < -0.4 is 5.73 Å². The normalized spacial score (nSPS) is 20.8. The Morgan fingerprint density at radius 3 is 2.40 bits per heavy atom. The SMILES string of the molecule is NC[C@@H]1CN(Cc2cn(-c3ccccc3)nn2)C[C@H]1c1ccccc1. The summed E-state index contributed by atoms with van der Waals surface area (Å²) in [6.07, 6.45) is 2.02. The Morgan fingerprint density at radius 1 is 0.960 bits per heavy atom. The molecule has 0 spiro atoms. The molecule has 3 aromatic rings. The molecule has 1 aromatic heterocycles. The maximum Gasteiger partial charge on any atom is 0.0971 e. The smallest absolute Gasteiger partial charge is 0.0971 e. The first-order valence-electron chi connectivity index (χ1n) is 8.77. The van der Waals surface area contributed by atoms with E-state index in [1.54, 1.807) is 0 Å². The van der Waals surface area contributed by atoms with Crippen LogP contribution in [0.2, 0.25) is 0 Å². The molecule has 2 aromatic carbocycles. The van der Waals surface area contributed by atoms with Crippen LogP contribution in [0.3, 0.4) is 0 Å². The highest BCUT2D eigenvalue weighted by atomic mass is 15.4. The molecule has 128 valence electrons. The molecule has 0 radical (unpaired) electrons. The van der Waals surface area contributed by atoms with Gasteiger partial charge in [0.1, 0.15) is 0 Å². The van der Waals surface area contributed by atoms with Crippen LogP contribution in [0.25, 0.3) is 5.69 Å². The predicted octanol–water partition coefficient (Wildman–Crippen LogP) is 2.44. The molecule has 0 saturated carbocycles. The summed E-state index contributed by atoms with van der Waals surface area (Å²) >= 11 is 0. The molecule has 0 amide bonds. The fraction of sp³-hybridized carbons (Fsp3) is 0.300. The molecular weight excluding hydrogens is 310 g/mol. The third-order valence-corrected chi connectivity index (χ3v) is 4.99. The van der Waals surface area contributed by atoms with E-state index >= 15 is 0 Å². The Hall–Kier alpha value is -2.50. The average molecular weight is 333 g/mol. The van der Waals surface area contributed by atoms with Crippen molar-refractivity contribution in [1.82, 2.24) is 19.9 Å². The van der Waals surface area contributed by atoms with E-state index in [2.05, 4.69) is 45.5 Å². The molecule has 1 aliphatic heterocycles. The van der Waals surface area contributed by atoms with E-state index in [9.17, 15) is 0 Å². The van der Waals surface area contributed by atoms with Gasteiger partial charge in [0.15, 0.2) is 0 Å². The zero-order chi connectivity index (χ0) is 17.1. The van der Waals surface area contributed by atoms with Crippen molar-refractivity contribution in [3.8, 4) is 5.69 Å². The molecule has 1 fully saturated rings. The van der Waals surface area contributed by atoms with E-state index in [1.807, 2.05) is 41.2 Å². The van der Waals surface area contributed by atoms with E-state index in [4.69, 9.17) is 5.73 Å². The molecule has 2 atom stereocenters. The lowest BCUT2D eigenvalue weighted by Gasteiger charge is -2.16. The quantitative estimate of drug-likeness (QED) is 0.779. The van der Waals surface area contributed by atoms with Gasteiger partial charge in [-0.3, -0.25) is 4.90 Å². The van der Waals surface area contributed by atoms with Crippen LogP contribution in [0, 0.1) is 5.92 Å². The second-order valence-electron chi connectivity index (χ2n) is 6.70. The topological polar surface area (TPSA) is 60.0 Å². The van der Waals surface area contributed by atoms with Crippen LogP contribution in [-0.2, 0) is 6.54 Å². The molecule has 0 unspecified atom stereocenters. The third kappa shape index (κ3) is 3.48. The average Bonchev–Trinajstić information content (AvgIpc) is 3.30. The van der Waals surface area contributed by atoms with Gasteiger partial charge in [-0.05, 0) is 30.2 Å². The van der Waals surface area contributed by atoms with E-state index in [0.717, 1.165) is 31.0 Å². The molecule has 1 saturated heterocycles. The molecule has 5 heteroatoms. The molecule has 4 rings (SSSR count). The Bertz CT molecular complexity index is 799. The largest absolute Gasteiger partial charge is 0.330 e. The van der Waals surface area contributed by atoms with Gasteiger partial charge in [0.25, 0.3) is 0 Å². The minimum atomic E-state index is 0.492. The number of rotatable bonds is 5. The summed E-state index contributed by atoms with van der Waals surface area (Å²) in [4.78, 5) is 2.44. The van der Waals surface area contributed by atoms with Gasteiger partial charge < -0.3 is 5.73 Å². The van der Waals surface area contributed by atoms with Crippen molar-refractivity contribution in [1.29, 1.82) is 0 Å². The first kappa shape index (κ1) is 16.0. The Morgan fingerprint density at radius 2 is 1.68 bits per heavy atom. The highest BCUT2D eigenvalue weighted by molar-refractivity contribution is 5.30. The molecule has 1 aliphatic rings. The molecule has 2 heterocycles. The zero-order valence-corrected chi connectivity index (χ0v) is 14.2. The summed E-state index contributed by atoms with van der Waals surface area (Å²) in [6, 6.07) is 20.8. The summed E-state index contributed by atoms with van der Waals surface area (Å²) < 4.78 is 1.83. The molecular formula is C20H23N5. The lowest BCUT2D eigenvalue weighted by atomic mass is 9.89. The van der Waals surface area contributed by atoms with Crippen LogP contribution in [0.4, 0.5) is 0 Å². The van der Waals surface area contributed by atoms with Gasteiger partial charge in [0.05, 0.1) is 17.6 Å². The number of hydrogen-bond acceptors (Lipinski definition) is 4. The summed E-state index contributed by atoms with van der Waals surface area (Å²) in [6.45, 7) is 3.55. The van der Waals surface area contributed by atoms with Crippen LogP contribution >= 0.6 is 0 Å². The van der Waals surface area contributed by atoms with E-state index in [-0.39, 0.29) is 0 Å². The van der Waals surface area contributed by atoms with Crippen LogP contribution in [0.1, 0.15) is 17.2 Å². The number of nitrogens with two attached hydrogens (primary N) is 1. The van der Waals surface area contributed by atoms with E-state index in [0.29, 0.717) is 18.4 Å². The summed E-state index contributed by atoms with van der Waals surface area (Å²) in [5.74, 6) is 0.988. The zero-order valence-electron chi connectivity index (χ0n) is 14.2. The maximum absolute atomic E-state index is 6.04. The number of aromatic nitrogens is 3. The first-order chi connectivity index (χ1) is 12.3. The molecule has 0 aliphatic carbocycles. The molecule has 0 bridgehead atoms. The van der Waals surface area contributed by atoms with Crippen molar-refractivity contribution < 1.29 is 0 Å². The number of para-hydroxylation sites is 1. The highest BCUT2D eigenvalue weighted by Crippen LogP contribution is 2.32. The van der Waals surface area contributed by atoms with Gasteiger partial charge in [0.2, 0.25) is 0 Å². The second kappa shape index (κ2) is 7.17. The van der Waals surface area contributed by atoms with E-state index < -0.39 is 0 Å². The Kier molecular flexibility index (Phi) is 4.59.